The summed E-state index contributed by atoms with van der Waals surface area (Å²) in [4.78, 5) is 0.239. The fraction of sp³-hybridized carbons (Fsp3) is 0.500. The monoisotopic (exact) mass is 256 g/mol. The van der Waals surface area contributed by atoms with Gasteiger partial charge in [-0.2, -0.15) is 0 Å². The van der Waals surface area contributed by atoms with E-state index in [9.17, 15) is 8.42 Å². The first-order valence-electron chi connectivity index (χ1n) is 5.72. The van der Waals surface area contributed by atoms with Crippen LogP contribution >= 0.6 is 0 Å². The molecule has 0 aromatic heterocycles. The van der Waals surface area contributed by atoms with Gasteiger partial charge in [-0.1, -0.05) is 32.9 Å². The van der Waals surface area contributed by atoms with Gasteiger partial charge < -0.3 is 5.32 Å². The van der Waals surface area contributed by atoms with Crippen molar-refractivity contribution in [1.29, 1.82) is 0 Å². The van der Waals surface area contributed by atoms with Gasteiger partial charge in [0.1, 0.15) is 0 Å². The molecule has 4 nitrogen and oxygen atoms in total. The zero-order valence-corrected chi connectivity index (χ0v) is 11.3. The van der Waals surface area contributed by atoms with E-state index >= 15 is 0 Å². The lowest BCUT2D eigenvalue weighted by Gasteiger charge is -2.11. The van der Waals surface area contributed by atoms with Crippen molar-refractivity contribution in [3.63, 3.8) is 0 Å². The molecular weight excluding hydrogens is 236 g/mol. The Morgan fingerprint density at radius 3 is 2.47 bits per heavy atom. The Hall–Kier alpha value is -0.910. The second-order valence-electron chi connectivity index (χ2n) is 4.38. The molecule has 0 fully saturated rings. The van der Waals surface area contributed by atoms with Crippen LogP contribution in [0, 0.1) is 0 Å². The molecule has 1 aromatic rings. The fourth-order valence-corrected chi connectivity index (χ4v) is 2.48. The Labute approximate surface area is 103 Å². The van der Waals surface area contributed by atoms with E-state index in [1.807, 2.05) is 32.9 Å². The molecule has 0 amide bonds. The van der Waals surface area contributed by atoms with Crippen LogP contribution in [0.2, 0.25) is 0 Å². The normalized spacial score (nSPS) is 12.1. The van der Waals surface area contributed by atoms with E-state index in [-0.39, 0.29) is 4.90 Å². The van der Waals surface area contributed by atoms with Crippen LogP contribution in [0.15, 0.2) is 23.1 Å². The lowest BCUT2D eigenvalue weighted by molar-refractivity contribution is 0.586. The average Bonchev–Trinajstić information content (AvgIpc) is 2.24. The summed E-state index contributed by atoms with van der Waals surface area (Å²) in [5.74, 6) is 0. The van der Waals surface area contributed by atoms with Crippen LogP contribution in [0.1, 0.15) is 31.9 Å². The van der Waals surface area contributed by atoms with Crippen molar-refractivity contribution >= 4 is 10.0 Å². The molecule has 0 spiro atoms. The predicted octanol–water partition coefficient (Wildman–Crippen LogP) is 1.39. The Morgan fingerprint density at radius 2 is 2.00 bits per heavy atom. The Kier molecular flexibility index (Phi) is 4.68. The van der Waals surface area contributed by atoms with Gasteiger partial charge in [-0.05, 0) is 23.6 Å². The molecule has 0 aliphatic rings. The maximum Gasteiger partial charge on any atom is 0.238 e. The number of benzene rings is 1. The molecule has 0 unspecified atom stereocenters. The van der Waals surface area contributed by atoms with Gasteiger partial charge in [-0.3, -0.25) is 0 Å². The van der Waals surface area contributed by atoms with Crippen molar-refractivity contribution in [2.45, 2.75) is 44.7 Å². The molecule has 0 saturated heterocycles. The zero-order chi connectivity index (χ0) is 13.1. The molecule has 1 aromatic carbocycles. The highest BCUT2D eigenvalue weighted by atomic mass is 32.2. The van der Waals surface area contributed by atoms with Crippen molar-refractivity contribution < 1.29 is 8.42 Å². The smallest absolute Gasteiger partial charge is 0.238 e. The molecule has 3 N–H and O–H groups in total. The quantitative estimate of drug-likeness (QED) is 0.836. The Morgan fingerprint density at radius 1 is 1.35 bits per heavy atom. The molecular formula is C12H20N2O2S. The summed E-state index contributed by atoms with van der Waals surface area (Å²) in [5, 5.41) is 8.45. The number of nitrogens with one attached hydrogen (secondary N) is 1. The summed E-state index contributed by atoms with van der Waals surface area (Å²) in [5.41, 5.74) is 1.70. The Bertz CT molecular complexity index is 481. The van der Waals surface area contributed by atoms with Crippen molar-refractivity contribution in [1.82, 2.24) is 5.32 Å². The highest BCUT2D eigenvalue weighted by Crippen LogP contribution is 2.17. The van der Waals surface area contributed by atoms with Crippen LogP contribution in [-0.4, -0.2) is 14.5 Å². The third-order valence-electron chi connectivity index (χ3n) is 2.53. The first-order valence-corrected chi connectivity index (χ1v) is 7.27. The van der Waals surface area contributed by atoms with Crippen LogP contribution in [0.3, 0.4) is 0 Å². The fourth-order valence-electron chi connectivity index (χ4n) is 1.59. The number of hydrogen-bond acceptors (Lipinski definition) is 3. The summed E-state index contributed by atoms with van der Waals surface area (Å²) >= 11 is 0. The van der Waals surface area contributed by atoms with Gasteiger partial charge in [0.05, 0.1) is 4.90 Å². The molecule has 0 aliphatic carbocycles. The van der Waals surface area contributed by atoms with Crippen LogP contribution in [-0.2, 0) is 23.0 Å². The molecule has 0 atom stereocenters. The summed E-state index contributed by atoms with van der Waals surface area (Å²) in [6, 6.07) is 5.78. The molecule has 96 valence electrons. The van der Waals surface area contributed by atoms with Gasteiger partial charge in [0.25, 0.3) is 0 Å². The number of aryl methyl sites for hydroxylation is 1. The third-order valence-corrected chi connectivity index (χ3v) is 3.53. The number of primary sulfonamides is 1. The van der Waals surface area contributed by atoms with Crippen LogP contribution in [0.4, 0.5) is 0 Å². The lowest BCUT2D eigenvalue weighted by atomic mass is 10.1. The number of sulfonamides is 1. The first-order chi connectivity index (χ1) is 7.84. The number of rotatable bonds is 5. The van der Waals surface area contributed by atoms with Crippen molar-refractivity contribution in [3.8, 4) is 0 Å². The van der Waals surface area contributed by atoms with Gasteiger partial charge in [0.15, 0.2) is 0 Å². The minimum atomic E-state index is -3.63. The van der Waals surface area contributed by atoms with E-state index in [2.05, 4.69) is 5.32 Å². The van der Waals surface area contributed by atoms with Gasteiger partial charge in [0.2, 0.25) is 10.0 Å². The average molecular weight is 256 g/mol. The number of nitrogens with two attached hydrogens (primary N) is 1. The van der Waals surface area contributed by atoms with Gasteiger partial charge in [-0.25, -0.2) is 13.6 Å². The lowest BCUT2D eigenvalue weighted by Crippen LogP contribution is -2.22. The molecule has 0 saturated carbocycles. The van der Waals surface area contributed by atoms with E-state index in [4.69, 9.17) is 5.14 Å². The summed E-state index contributed by atoms with van der Waals surface area (Å²) in [6.45, 7) is 6.64. The summed E-state index contributed by atoms with van der Waals surface area (Å²) < 4.78 is 22.9. The minimum absolute atomic E-state index is 0.239. The molecule has 0 radical (unpaired) electrons. The molecule has 0 heterocycles. The van der Waals surface area contributed by atoms with E-state index in [0.717, 1.165) is 11.1 Å². The van der Waals surface area contributed by atoms with Gasteiger partial charge >= 0.3 is 0 Å². The largest absolute Gasteiger partial charge is 0.310 e. The molecule has 1 rings (SSSR count). The highest BCUT2D eigenvalue weighted by Gasteiger charge is 2.13. The predicted molar refractivity (Wildman–Crippen MR) is 69.2 cm³/mol. The second kappa shape index (κ2) is 5.62. The van der Waals surface area contributed by atoms with Crippen molar-refractivity contribution in [3.05, 3.63) is 29.3 Å². The summed E-state index contributed by atoms with van der Waals surface area (Å²) in [7, 11) is -3.63. The van der Waals surface area contributed by atoms with Gasteiger partial charge in [-0.15, -0.1) is 0 Å². The van der Waals surface area contributed by atoms with Crippen molar-refractivity contribution in [2.24, 2.45) is 5.14 Å². The maximum atomic E-state index is 11.5. The van der Waals surface area contributed by atoms with E-state index in [1.54, 1.807) is 6.07 Å². The topological polar surface area (TPSA) is 72.2 Å². The minimum Gasteiger partial charge on any atom is -0.310 e. The molecule has 0 aliphatic heterocycles. The van der Waals surface area contributed by atoms with Gasteiger partial charge in [0, 0.05) is 12.6 Å². The van der Waals surface area contributed by atoms with E-state index < -0.39 is 10.0 Å². The highest BCUT2D eigenvalue weighted by molar-refractivity contribution is 7.89. The SMILES string of the molecule is CCc1ccc(CNC(C)C)cc1S(N)(=O)=O. The Balaban J connectivity index is 3.06. The van der Waals surface area contributed by atoms with Crippen molar-refractivity contribution in [2.75, 3.05) is 0 Å². The van der Waals surface area contributed by atoms with Crippen LogP contribution in [0.25, 0.3) is 0 Å². The molecule has 17 heavy (non-hydrogen) atoms. The van der Waals surface area contributed by atoms with E-state index in [0.29, 0.717) is 19.0 Å². The zero-order valence-electron chi connectivity index (χ0n) is 10.5. The summed E-state index contributed by atoms with van der Waals surface area (Å²) in [6.07, 6.45) is 0.656. The third kappa shape index (κ3) is 4.11. The number of hydrogen-bond donors (Lipinski definition) is 2. The molecule has 5 heteroatoms. The molecule has 0 bridgehead atoms. The van der Waals surface area contributed by atoms with Crippen LogP contribution in [0.5, 0.6) is 0 Å². The van der Waals surface area contributed by atoms with Crippen LogP contribution < -0.4 is 10.5 Å². The second-order valence-corrected chi connectivity index (χ2v) is 5.91. The first kappa shape index (κ1) is 14.2. The van der Waals surface area contributed by atoms with E-state index in [1.165, 1.54) is 0 Å². The maximum absolute atomic E-state index is 11.5. The standard InChI is InChI=1S/C12H20N2O2S/c1-4-11-6-5-10(8-14-9(2)3)7-12(11)17(13,15)16/h5-7,9,14H,4,8H2,1-3H3,(H2,13,15,16).